The minimum atomic E-state index is -0.197. The summed E-state index contributed by atoms with van der Waals surface area (Å²) in [6, 6.07) is 0.229. The Morgan fingerprint density at radius 3 is 2.53 bits per heavy atom. The van der Waals surface area contributed by atoms with Crippen LogP contribution in [0.3, 0.4) is 0 Å². The molecule has 0 aromatic rings. The summed E-state index contributed by atoms with van der Waals surface area (Å²) in [6.07, 6.45) is 3.02. The molecular weight excluding hydrogens is 238 g/mol. The van der Waals surface area contributed by atoms with Crippen molar-refractivity contribution in [2.24, 2.45) is 11.3 Å². The molecule has 0 spiro atoms. The number of piperidine rings is 1. The molecule has 4 nitrogen and oxygen atoms in total. The highest BCUT2D eigenvalue weighted by molar-refractivity contribution is 5.83. The van der Waals surface area contributed by atoms with Gasteiger partial charge in [-0.05, 0) is 45.8 Å². The minimum absolute atomic E-state index is 0.197. The van der Waals surface area contributed by atoms with Gasteiger partial charge in [0, 0.05) is 19.1 Å². The van der Waals surface area contributed by atoms with E-state index in [4.69, 9.17) is 0 Å². The van der Waals surface area contributed by atoms with Gasteiger partial charge in [0.1, 0.15) is 0 Å². The molecule has 0 radical (unpaired) electrons. The monoisotopic (exact) mass is 269 g/mol. The van der Waals surface area contributed by atoms with Crippen LogP contribution in [0, 0.1) is 11.3 Å². The van der Waals surface area contributed by atoms with Crippen LogP contribution in [0.5, 0.6) is 0 Å². The van der Waals surface area contributed by atoms with Crippen molar-refractivity contribution in [2.45, 2.75) is 46.1 Å². The van der Waals surface area contributed by atoms with Gasteiger partial charge in [-0.3, -0.25) is 4.79 Å². The van der Waals surface area contributed by atoms with Crippen LogP contribution in [-0.4, -0.2) is 50.6 Å². The van der Waals surface area contributed by atoms with Gasteiger partial charge in [0.25, 0.3) is 0 Å². The zero-order chi connectivity index (χ0) is 14.5. The van der Waals surface area contributed by atoms with Gasteiger partial charge in [-0.1, -0.05) is 20.8 Å². The number of carbonyl (C=O) groups excluding carboxylic acids is 1. The number of nitrogens with one attached hydrogen (secondary N) is 2. The maximum Gasteiger partial charge on any atom is 0.227 e. The summed E-state index contributed by atoms with van der Waals surface area (Å²) in [6.45, 7) is 9.24. The summed E-state index contributed by atoms with van der Waals surface area (Å²) in [5, 5.41) is 6.67. The van der Waals surface area contributed by atoms with Gasteiger partial charge in [-0.25, -0.2) is 0 Å². The molecule has 19 heavy (non-hydrogen) atoms. The van der Waals surface area contributed by atoms with E-state index in [0.29, 0.717) is 5.92 Å². The van der Waals surface area contributed by atoms with Gasteiger partial charge in [-0.2, -0.15) is 0 Å². The van der Waals surface area contributed by atoms with E-state index in [-0.39, 0.29) is 17.4 Å². The van der Waals surface area contributed by atoms with Gasteiger partial charge >= 0.3 is 0 Å². The van der Waals surface area contributed by atoms with Crippen molar-refractivity contribution in [3.63, 3.8) is 0 Å². The van der Waals surface area contributed by atoms with Crippen molar-refractivity contribution in [3.05, 3.63) is 0 Å². The van der Waals surface area contributed by atoms with Crippen LogP contribution in [0.15, 0.2) is 0 Å². The molecule has 2 unspecified atom stereocenters. The Balaban J connectivity index is 2.68. The van der Waals surface area contributed by atoms with Crippen molar-refractivity contribution in [2.75, 3.05) is 33.7 Å². The molecule has 1 aliphatic heterocycles. The predicted molar refractivity (Wildman–Crippen MR) is 80.2 cm³/mol. The Labute approximate surface area is 118 Å². The average Bonchev–Trinajstić information content (AvgIpc) is 2.38. The van der Waals surface area contributed by atoms with Crippen LogP contribution < -0.4 is 10.6 Å². The fraction of sp³-hybridized carbons (Fsp3) is 0.933. The highest BCUT2D eigenvalue weighted by Gasteiger charge is 2.38. The van der Waals surface area contributed by atoms with Crippen molar-refractivity contribution >= 4 is 5.91 Å². The molecule has 4 heteroatoms. The molecule has 0 aliphatic carbocycles. The number of likely N-dealkylation sites (N-methyl/N-ethyl adjacent to an activating group) is 1. The predicted octanol–water partition coefficient (Wildman–Crippen LogP) is 1.47. The van der Waals surface area contributed by atoms with Crippen molar-refractivity contribution in [1.82, 2.24) is 15.5 Å². The molecule has 1 saturated heterocycles. The number of nitrogens with zero attached hydrogens (tertiary/aromatic N) is 1. The lowest BCUT2D eigenvalue weighted by atomic mass is 9.77. The Hall–Kier alpha value is -0.610. The van der Waals surface area contributed by atoms with E-state index >= 15 is 0 Å². The topological polar surface area (TPSA) is 44.4 Å². The van der Waals surface area contributed by atoms with Crippen LogP contribution in [0.25, 0.3) is 0 Å². The van der Waals surface area contributed by atoms with Crippen molar-refractivity contribution in [1.29, 1.82) is 0 Å². The van der Waals surface area contributed by atoms with E-state index in [2.05, 4.69) is 50.4 Å². The molecule has 112 valence electrons. The van der Waals surface area contributed by atoms with Crippen molar-refractivity contribution in [3.8, 4) is 0 Å². The second-order valence-corrected chi connectivity index (χ2v) is 6.50. The van der Waals surface area contributed by atoms with Crippen LogP contribution in [0.1, 0.15) is 40.0 Å². The summed E-state index contributed by atoms with van der Waals surface area (Å²) in [4.78, 5) is 14.8. The molecule has 2 atom stereocenters. The van der Waals surface area contributed by atoms with Crippen LogP contribution in [0.4, 0.5) is 0 Å². The molecular formula is C15H31N3O. The van der Waals surface area contributed by atoms with Gasteiger partial charge in [0.2, 0.25) is 5.91 Å². The second kappa shape index (κ2) is 7.25. The minimum Gasteiger partial charge on any atom is -0.351 e. The van der Waals surface area contributed by atoms with E-state index < -0.39 is 0 Å². The Morgan fingerprint density at radius 2 is 2.11 bits per heavy atom. The summed E-state index contributed by atoms with van der Waals surface area (Å²) < 4.78 is 0. The number of hydrogen-bond donors (Lipinski definition) is 2. The van der Waals surface area contributed by atoms with Gasteiger partial charge in [-0.15, -0.1) is 0 Å². The van der Waals surface area contributed by atoms with Crippen LogP contribution in [-0.2, 0) is 4.79 Å². The van der Waals surface area contributed by atoms with E-state index in [9.17, 15) is 4.79 Å². The Bertz CT molecular complexity index is 283. The fourth-order valence-corrected chi connectivity index (χ4v) is 2.76. The van der Waals surface area contributed by atoms with E-state index in [1.54, 1.807) is 0 Å². The molecule has 1 fully saturated rings. The third-order valence-corrected chi connectivity index (χ3v) is 4.31. The van der Waals surface area contributed by atoms with Gasteiger partial charge < -0.3 is 15.5 Å². The van der Waals surface area contributed by atoms with Crippen molar-refractivity contribution < 1.29 is 4.79 Å². The highest BCUT2D eigenvalue weighted by atomic mass is 16.2. The molecule has 1 rings (SSSR count). The van der Waals surface area contributed by atoms with E-state index in [1.807, 2.05) is 0 Å². The largest absolute Gasteiger partial charge is 0.351 e. The summed E-state index contributed by atoms with van der Waals surface area (Å²) in [5.74, 6) is 0.694. The Morgan fingerprint density at radius 1 is 1.42 bits per heavy atom. The quantitative estimate of drug-likeness (QED) is 0.767. The number of rotatable bonds is 6. The first-order valence-corrected chi connectivity index (χ1v) is 7.57. The third kappa shape index (κ3) is 4.46. The first kappa shape index (κ1) is 16.4. The third-order valence-electron chi connectivity index (χ3n) is 4.31. The van der Waals surface area contributed by atoms with E-state index in [0.717, 1.165) is 38.9 Å². The number of hydrogen-bond acceptors (Lipinski definition) is 3. The maximum absolute atomic E-state index is 12.7. The lowest BCUT2D eigenvalue weighted by Gasteiger charge is -2.37. The molecule has 1 heterocycles. The summed E-state index contributed by atoms with van der Waals surface area (Å²) in [7, 11) is 4.11. The molecule has 2 N–H and O–H groups in total. The van der Waals surface area contributed by atoms with Gasteiger partial charge in [0.05, 0.1) is 5.41 Å². The van der Waals surface area contributed by atoms with Gasteiger partial charge in [0.15, 0.2) is 0 Å². The molecule has 0 bridgehead atoms. The molecule has 1 aliphatic rings. The average molecular weight is 269 g/mol. The first-order chi connectivity index (χ1) is 8.91. The molecule has 0 saturated carbocycles. The zero-order valence-electron chi connectivity index (χ0n) is 13.3. The molecule has 1 amide bonds. The first-order valence-electron chi connectivity index (χ1n) is 7.57. The van der Waals surface area contributed by atoms with Crippen LogP contribution in [0.2, 0.25) is 0 Å². The lowest BCUT2D eigenvalue weighted by Crippen LogP contribution is -2.55. The Kier molecular flexibility index (Phi) is 6.27. The molecule has 0 aromatic heterocycles. The zero-order valence-corrected chi connectivity index (χ0v) is 13.3. The standard InChI is InChI=1S/C15H31N3O/c1-6-15(8-7-9-16-11-15)14(19)17-13(12(2)3)10-18(4)5/h12-13,16H,6-11H2,1-5H3,(H,17,19). The number of amides is 1. The lowest BCUT2D eigenvalue weighted by molar-refractivity contribution is -0.133. The van der Waals surface area contributed by atoms with E-state index in [1.165, 1.54) is 0 Å². The maximum atomic E-state index is 12.7. The smallest absolute Gasteiger partial charge is 0.227 e. The summed E-state index contributed by atoms with van der Waals surface area (Å²) in [5.41, 5.74) is -0.197. The normalized spacial score (nSPS) is 25.6. The number of carbonyl (C=O) groups is 1. The SMILES string of the molecule is CCC1(C(=O)NC(CN(C)C)C(C)C)CCCNC1. The fourth-order valence-electron chi connectivity index (χ4n) is 2.76. The highest BCUT2D eigenvalue weighted by Crippen LogP contribution is 2.30. The summed E-state index contributed by atoms with van der Waals surface area (Å²) >= 11 is 0. The van der Waals surface area contributed by atoms with Crippen LogP contribution >= 0.6 is 0 Å². The molecule has 0 aromatic carbocycles. The second-order valence-electron chi connectivity index (χ2n) is 6.50.